The Balaban J connectivity index is 1.61. The number of nitrogens with one attached hydrogen (secondary N) is 2. The topological polar surface area (TPSA) is 79.6 Å². The molecule has 4 rings (SSSR count). The third-order valence-electron chi connectivity index (χ3n) is 3.78. The van der Waals surface area contributed by atoms with E-state index in [2.05, 4.69) is 44.5 Å². The average Bonchev–Trinajstić information content (AvgIpc) is 3.26. The number of aromatic amines is 1. The number of furan rings is 1. The molecule has 0 aliphatic rings. The van der Waals surface area contributed by atoms with E-state index in [0.29, 0.717) is 17.5 Å². The van der Waals surface area contributed by atoms with Crippen LogP contribution in [0.1, 0.15) is 11.3 Å². The molecule has 1 aromatic carbocycles. The maximum Gasteiger partial charge on any atom is 0.161 e. The zero-order valence-electron chi connectivity index (χ0n) is 13.9. The Bertz CT molecular complexity index is 987. The van der Waals surface area contributed by atoms with Crippen molar-refractivity contribution in [1.82, 2.24) is 20.2 Å². The summed E-state index contributed by atoms with van der Waals surface area (Å²) in [6, 6.07) is 15.6. The summed E-state index contributed by atoms with van der Waals surface area (Å²) >= 11 is 0. The highest BCUT2D eigenvalue weighted by molar-refractivity contribution is 5.63. The molecular formula is C19H17N5O. The van der Waals surface area contributed by atoms with E-state index in [0.717, 1.165) is 22.7 Å². The number of benzene rings is 1. The molecule has 3 aromatic heterocycles. The predicted molar refractivity (Wildman–Crippen MR) is 96.5 cm³/mol. The first kappa shape index (κ1) is 15.1. The monoisotopic (exact) mass is 331 g/mol. The molecule has 124 valence electrons. The number of rotatable bonds is 4. The van der Waals surface area contributed by atoms with Crippen molar-refractivity contribution in [3.63, 3.8) is 0 Å². The maximum absolute atomic E-state index is 5.36. The lowest BCUT2D eigenvalue weighted by Crippen LogP contribution is -1.99. The Morgan fingerprint density at radius 1 is 0.960 bits per heavy atom. The number of aryl methyl sites for hydroxylation is 2. The van der Waals surface area contributed by atoms with Gasteiger partial charge in [0, 0.05) is 23.4 Å². The fourth-order valence-electron chi connectivity index (χ4n) is 2.54. The first-order chi connectivity index (χ1) is 12.2. The fourth-order valence-corrected chi connectivity index (χ4v) is 2.54. The Kier molecular flexibility index (Phi) is 3.78. The summed E-state index contributed by atoms with van der Waals surface area (Å²) in [7, 11) is 0. The van der Waals surface area contributed by atoms with E-state index >= 15 is 0 Å². The van der Waals surface area contributed by atoms with E-state index in [9.17, 15) is 0 Å². The van der Waals surface area contributed by atoms with Crippen LogP contribution >= 0.6 is 0 Å². The van der Waals surface area contributed by atoms with Crippen molar-refractivity contribution in [2.75, 3.05) is 5.32 Å². The third-order valence-corrected chi connectivity index (χ3v) is 3.78. The van der Waals surface area contributed by atoms with Gasteiger partial charge in [0.25, 0.3) is 0 Å². The molecule has 0 saturated heterocycles. The second kappa shape index (κ2) is 6.24. The van der Waals surface area contributed by atoms with E-state index in [1.807, 2.05) is 43.3 Å². The SMILES string of the molecule is Cc1ccc(-c2nc(C)cc(Nc3cc(-c4ccco4)[nH]n3)n2)cc1. The summed E-state index contributed by atoms with van der Waals surface area (Å²) in [5, 5.41) is 10.4. The van der Waals surface area contributed by atoms with Crippen LogP contribution in [-0.2, 0) is 0 Å². The van der Waals surface area contributed by atoms with Gasteiger partial charge in [0.1, 0.15) is 11.5 Å². The minimum Gasteiger partial charge on any atom is -0.463 e. The molecule has 0 unspecified atom stereocenters. The molecule has 2 N–H and O–H groups in total. The van der Waals surface area contributed by atoms with E-state index in [4.69, 9.17) is 4.42 Å². The lowest BCUT2D eigenvalue weighted by molar-refractivity contribution is 0.580. The second-order valence-electron chi connectivity index (χ2n) is 5.85. The Morgan fingerprint density at radius 3 is 2.56 bits per heavy atom. The molecule has 0 aliphatic heterocycles. The molecule has 0 radical (unpaired) electrons. The minimum absolute atomic E-state index is 0.666. The number of H-pyrrole nitrogens is 1. The van der Waals surface area contributed by atoms with Gasteiger partial charge in [-0.1, -0.05) is 29.8 Å². The Labute approximate surface area is 145 Å². The molecule has 25 heavy (non-hydrogen) atoms. The van der Waals surface area contributed by atoms with Crippen LogP contribution < -0.4 is 5.32 Å². The van der Waals surface area contributed by atoms with Gasteiger partial charge < -0.3 is 9.73 Å². The summed E-state index contributed by atoms with van der Waals surface area (Å²) in [6.07, 6.45) is 1.63. The fraction of sp³-hybridized carbons (Fsp3) is 0.105. The first-order valence-corrected chi connectivity index (χ1v) is 7.96. The summed E-state index contributed by atoms with van der Waals surface area (Å²) in [5.74, 6) is 2.78. The van der Waals surface area contributed by atoms with Crippen LogP contribution in [0.15, 0.2) is 59.2 Å². The molecule has 0 fully saturated rings. The van der Waals surface area contributed by atoms with Crippen molar-refractivity contribution in [1.29, 1.82) is 0 Å². The van der Waals surface area contributed by atoms with Gasteiger partial charge >= 0.3 is 0 Å². The molecule has 6 nitrogen and oxygen atoms in total. The average molecular weight is 331 g/mol. The molecule has 0 atom stereocenters. The van der Waals surface area contributed by atoms with Crippen LogP contribution in [0.3, 0.4) is 0 Å². The Hall–Kier alpha value is -3.41. The van der Waals surface area contributed by atoms with Crippen molar-refractivity contribution in [3.8, 4) is 22.8 Å². The minimum atomic E-state index is 0.666. The second-order valence-corrected chi connectivity index (χ2v) is 5.85. The van der Waals surface area contributed by atoms with E-state index in [1.54, 1.807) is 6.26 Å². The maximum atomic E-state index is 5.36. The summed E-state index contributed by atoms with van der Waals surface area (Å²) < 4.78 is 5.36. The third kappa shape index (κ3) is 3.28. The van der Waals surface area contributed by atoms with E-state index in [-0.39, 0.29) is 0 Å². The van der Waals surface area contributed by atoms with Gasteiger partial charge in [-0.25, -0.2) is 9.97 Å². The van der Waals surface area contributed by atoms with Crippen LogP contribution in [-0.4, -0.2) is 20.2 Å². The van der Waals surface area contributed by atoms with Gasteiger partial charge in [-0.15, -0.1) is 0 Å². The largest absolute Gasteiger partial charge is 0.463 e. The molecule has 0 bridgehead atoms. The zero-order chi connectivity index (χ0) is 17.2. The van der Waals surface area contributed by atoms with Crippen LogP contribution in [0.2, 0.25) is 0 Å². The van der Waals surface area contributed by atoms with Crippen LogP contribution in [0, 0.1) is 13.8 Å². The molecule has 4 aromatic rings. The zero-order valence-corrected chi connectivity index (χ0v) is 13.9. The molecule has 0 amide bonds. The smallest absolute Gasteiger partial charge is 0.161 e. The van der Waals surface area contributed by atoms with Crippen LogP contribution in [0.5, 0.6) is 0 Å². The van der Waals surface area contributed by atoms with Crippen LogP contribution in [0.4, 0.5) is 11.6 Å². The summed E-state index contributed by atoms with van der Waals surface area (Å²) in [4.78, 5) is 9.13. The van der Waals surface area contributed by atoms with E-state index in [1.165, 1.54) is 5.56 Å². The predicted octanol–water partition coefficient (Wildman–Crippen LogP) is 4.49. The highest BCUT2D eigenvalue weighted by Crippen LogP contribution is 2.23. The first-order valence-electron chi connectivity index (χ1n) is 7.96. The standard InChI is InChI=1S/C19H17N5O/c1-12-5-7-14(8-6-12)19-20-13(2)10-17(22-19)21-18-11-15(23-24-18)16-4-3-9-25-16/h3-11H,1-2H3,(H2,20,21,22,23,24). The molecule has 0 aliphatic carbocycles. The molecule has 3 heterocycles. The molecule has 0 spiro atoms. The van der Waals surface area contributed by atoms with Gasteiger partial charge in [-0.3, -0.25) is 5.10 Å². The molecule has 0 saturated carbocycles. The number of aromatic nitrogens is 4. The highest BCUT2D eigenvalue weighted by atomic mass is 16.3. The van der Waals surface area contributed by atoms with Crippen LogP contribution in [0.25, 0.3) is 22.8 Å². The number of anilines is 2. The number of hydrogen-bond donors (Lipinski definition) is 2. The van der Waals surface area contributed by atoms with Crippen molar-refractivity contribution in [2.24, 2.45) is 0 Å². The Morgan fingerprint density at radius 2 is 1.80 bits per heavy atom. The van der Waals surface area contributed by atoms with Crippen molar-refractivity contribution < 1.29 is 4.42 Å². The van der Waals surface area contributed by atoms with Crippen molar-refractivity contribution in [2.45, 2.75) is 13.8 Å². The van der Waals surface area contributed by atoms with Gasteiger partial charge in [0.05, 0.1) is 6.26 Å². The lowest BCUT2D eigenvalue weighted by atomic mass is 10.1. The molecular weight excluding hydrogens is 314 g/mol. The van der Waals surface area contributed by atoms with Gasteiger partial charge in [0.15, 0.2) is 17.4 Å². The van der Waals surface area contributed by atoms with Gasteiger partial charge in [0.2, 0.25) is 0 Å². The van der Waals surface area contributed by atoms with Crippen molar-refractivity contribution in [3.05, 3.63) is 66.1 Å². The van der Waals surface area contributed by atoms with Gasteiger partial charge in [-0.2, -0.15) is 5.10 Å². The van der Waals surface area contributed by atoms with Crippen molar-refractivity contribution >= 4 is 11.6 Å². The quantitative estimate of drug-likeness (QED) is 0.576. The van der Waals surface area contributed by atoms with E-state index < -0.39 is 0 Å². The molecule has 6 heteroatoms. The highest BCUT2D eigenvalue weighted by Gasteiger charge is 2.09. The van der Waals surface area contributed by atoms with Gasteiger partial charge in [-0.05, 0) is 26.0 Å². The summed E-state index contributed by atoms with van der Waals surface area (Å²) in [5.41, 5.74) is 3.87. The summed E-state index contributed by atoms with van der Waals surface area (Å²) in [6.45, 7) is 4.01. The lowest BCUT2D eigenvalue weighted by Gasteiger charge is -2.07. The number of nitrogens with zero attached hydrogens (tertiary/aromatic N) is 3. The normalized spacial score (nSPS) is 10.8. The number of hydrogen-bond acceptors (Lipinski definition) is 5.